The van der Waals surface area contributed by atoms with E-state index in [2.05, 4.69) is 5.32 Å². The number of hydrogen-bond acceptors (Lipinski definition) is 6. The maximum Gasteiger partial charge on any atom is 0.332 e. The molecule has 0 radical (unpaired) electrons. The normalized spacial score (nSPS) is 10.7. The molecule has 9 heteroatoms. The van der Waals surface area contributed by atoms with Gasteiger partial charge in [-0.15, -0.1) is 0 Å². The first-order valence-corrected chi connectivity index (χ1v) is 10.7. The summed E-state index contributed by atoms with van der Waals surface area (Å²) in [5.41, 5.74) is 0.163. The van der Waals surface area contributed by atoms with E-state index in [1.165, 1.54) is 16.7 Å². The second-order valence-electron chi connectivity index (χ2n) is 7.39. The number of carbonyl (C=O) groups is 3. The van der Waals surface area contributed by atoms with Crippen molar-refractivity contribution in [3.8, 4) is 0 Å². The van der Waals surface area contributed by atoms with E-state index >= 15 is 0 Å². The Kier molecular flexibility index (Phi) is 7.55. The van der Waals surface area contributed by atoms with Crippen molar-refractivity contribution in [3.63, 3.8) is 0 Å². The van der Waals surface area contributed by atoms with Crippen molar-refractivity contribution in [2.45, 2.75) is 39.8 Å². The molecule has 0 bridgehead atoms. The van der Waals surface area contributed by atoms with Crippen LogP contribution in [0.4, 0.5) is 5.69 Å². The molecule has 0 aliphatic heterocycles. The highest BCUT2D eigenvalue weighted by atomic mass is 16.5. The molecule has 33 heavy (non-hydrogen) atoms. The molecule has 0 aliphatic carbocycles. The number of anilines is 1. The summed E-state index contributed by atoms with van der Waals surface area (Å²) >= 11 is 0. The van der Waals surface area contributed by atoms with Gasteiger partial charge in [-0.3, -0.25) is 28.3 Å². The van der Waals surface area contributed by atoms with E-state index in [1.807, 2.05) is 6.92 Å². The lowest BCUT2D eigenvalue weighted by Gasteiger charge is -2.12. The highest BCUT2D eigenvalue weighted by Gasteiger charge is 2.16. The summed E-state index contributed by atoms with van der Waals surface area (Å²) < 4.78 is 7.30. The summed E-state index contributed by atoms with van der Waals surface area (Å²) in [6.07, 6.45) is 1.14. The second-order valence-corrected chi connectivity index (χ2v) is 7.39. The third kappa shape index (κ3) is 5.43. The Bertz CT molecular complexity index is 1300. The molecule has 0 aliphatic rings. The second kappa shape index (κ2) is 10.5. The fourth-order valence-electron chi connectivity index (χ4n) is 3.40. The highest BCUT2D eigenvalue weighted by Crippen LogP contribution is 2.12. The van der Waals surface area contributed by atoms with Gasteiger partial charge in [0.05, 0.1) is 10.9 Å². The van der Waals surface area contributed by atoms with Gasteiger partial charge in [0.2, 0.25) is 5.91 Å². The largest absolute Gasteiger partial charge is 0.456 e. The van der Waals surface area contributed by atoms with Gasteiger partial charge in [-0.1, -0.05) is 19.1 Å². The molecule has 172 valence electrons. The third-order valence-corrected chi connectivity index (χ3v) is 5.07. The van der Waals surface area contributed by atoms with Crippen LogP contribution in [0.3, 0.4) is 0 Å². The van der Waals surface area contributed by atoms with Crippen LogP contribution >= 0.6 is 0 Å². The summed E-state index contributed by atoms with van der Waals surface area (Å²) in [5.74, 6) is -1.31. The van der Waals surface area contributed by atoms with Crippen molar-refractivity contribution >= 4 is 34.3 Å². The molecule has 3 rings (SSSR count). The van der Waals surface area contributed by atoms with Crippen LogP contribution < -0.4 is 16.6 Å². The lowest BCUT2D eigenvalue weighted by atomic mass is 10.1. The number of ether oxygens (including phenoxy) is 1. The zero-order valence-corrected chi connectivity index (χ0v) is 18.5. The van der Waals surface area contributed by atoms with E-state index in [4.69, 9.17) is 4.74 Å². The van der Waals surface area contributed by atoms with Crippen molar-refractivity contribution in [3.05, 3.63) is 74.9 Å². The minimum Gasteiger partial charge on any atom is -0.456 e. The van der Waals surface area contributed by atoms with Gasteiger partial charge in [-0.05, 0) is 49.7 Å². The summed E-state index contributed by atoms with van der Waals surface area (Å²) in [4.78, 5) is 61.6. The Balaban J connectivity index is 1.68. The first kappa shape index (κ1) is 23.6. The maximum absolute atomic E-state index is 12.7. The van der Waals surface area contributed by atoms with Crippen molar-refractivity contribution in [2.75, 3.05) is 11.9 Å². The van der Waals surface area contributed by atoms with Crippen molar-refractivity contribution in [1.29, 1.82) is 0 Å². The predicted molar refractivity (Wildman–Crippen MR) is 123 cm³/mol. The number of amides is 1. The number of esters is 1. The Morgan fingerprint density at radius 3 is 2.30 bits per heavy atom. The number of aromatic nitrogens is 2. The Hall–Kier alpha value is -4.01. The van der Waals surface area contributed by atoms with Crippen LogP contribution in [-0.2, 0) is 27.4 Å². The molecular formula is C24H25N3O6. The fourth-order valence-corrected chi connectivity index (χ4v) is 3.40. The number of nitrogens with one attached hydrogen (secondary N) is 1. The molecule has 9 nitrogen and oxygen atoms in total. The van der Waals surface area contributed by atoms with Gasteiger partial charge in [0.15, 0.2) is 12.4 Å². The molecule has 0 atom stereocenters. The molecule has 0 saturated carbocycles. The lowest BCUT2D eigenvalue weighted by molar-refractivity contribution is -0.143. The minimum absolute atomic E-state index is 0.109. The Morgan fingerprint density at radius 1 is 0.939 bits per heavy atom. The van der Waals surface area contributed by atoms with E-state index in [-0.39, 0.29) is 12.5 Å². The smallest absolute Gasteiger partial charge is 0.332 e. The molecular weight excluding hydrogens is 426 g/mol. The highest BCUT2D eigenvalue weighted by molar-refractivity contribution is 5.99. The van der Waals surface area contributed by atoms with Crippen LogP contribution in [0.15, 0.2) is 58.1 Å². The van der Waals surface area contributed by atoms with Crippen LogP contribution in [0.1, 0.15) is 37.0 Å². The first-order valence-electron chi connectivity index (χ1n) is 10.7. The van der Waals surface area contributed by atoms with Gasteiger partial charge < -0.3 is 10.1 Å². The standard InChI is InChI=1S/C24H25N3O6/c1-3-7-21(29)25-17-12-10-16(11-13-17)20(28)15-33-22(30)14-27-19-9-6-5-8-18(19)23(31)26(4-2)24(27)32/h5-6,8-13H,3-4,7,14-15H2,1-2H3,(H,25,29). The van der Waals surface area contributed by atoms with E-state index in [9.17, 15) is 24.0 Å². The number of fused-ring (bicyclic) bond motifs is 1. The average molecular weight is 451 g/mol. The van der Waals surface area contributed by atoms with Crippen LogP contribution in [0, 0.1) is 0 Å². The van der Waals surface area contributed by atoms with E-state index in [0.717, 1.165) is 11.0 Å². The predicted octanol–water partition coefficient (Wildman–Crippen LogP) is 2.35. The van der Waals surface area contributed by atoms with Crippen molar-refractivity contribution in [1.82, 2.24) is 9.13 Å². The molecule has 1 amide bonds. The zero-order valence-electron chi connectivity index (χ0n) is 18.5. The molecule has 2 aromatic carbocycles. The molecule has 1 N–H and O–H groups in total. The van der Waals surface area contributed by atoms with Gasteiger partial charge in [0, 0.05) is 24.2 Å². The summed E-state index contributed by atoms with van der Waals surface area (Å²) in [6.45, 7) is 2.79. The van der Waals surface area contributed by atoms with Gasteiger partial charge in [0.1, 0.15) is 6.54 Å². The van der Waals surface area contributed by atoms with Crippen molar-refractivity contribution < 1.29 is 19.1 Å². The van der Waals surface area contributed by atoms with Crippen LogP contribution in [0.5, 0.6) is 0 Å². The Labute approximate surface area is 189 Å². The van der Waals surface area contributed by atoms with Gasteiger partial charge in [-0.25, -0.2) is 4.79 Å². The number of hydrogen-bond donors (Lipinski definition) is 1. The quantitative estimate of drug-likeness (QED) is 0.394. The zero-order chi connectivity index (χ0) is 24.0. The monoisotopic (exact) mass is 451 g/mol. The van der Waals surface area contributed by atoms with Crippen LogP contribution in [0.25, 0.3) is 10.9 Å². The average Bonchev–Trinajstić information content (AvgIpc) is 2.81. The van der Waals surface area contributed by atoms with Crippen molar-refractivity contribution in [2.24, 2.45) is 0 Å². The number of ketones is 1. The molecule has 1 aromatic heterocycles. The molecule has 1 heterocycles. The number of carbonyl (C=O) groups excluding carboxylic acids is 3. The lowest BCUT2D eigenvalue weighted by Crippen LogP contribution is -2.41. The van der Waals surface area contributed by atoms with Crippen LogP contribution in [-0.4, -0.2) is 33.4 Å². The molecule has 0 spiro atoms. The minimum atomic E-state index is -0.777. The summed E-state index contributed by atoms with van der Waals surface area (Å²) in [5, 5.41) is 3.04. The van der Waals surface area contributed by atoms with Gasteiger partial charge in [-0.2, -0.15) is 0 Å². The first-order chi connectivity index (χ1) is 15.8. The number of Topliss-reactive ketones (excluding diaryl/α,β-unsaturated/α-hetero) is 1. The van der Waals surface area contributed by atoms with Gasteiger partial charge >= 0.3 is 11.7 Å². The van der Waals surface area contributed by atoms with Crippen LogP contribution in [0.2, 0.25) is 0 Å². The van der Waals surface area contributed by atoms with E-state index < -0.39 is 36.2 Å². The van der Waals surface area contributed by atoms with Gasteiger partial charge in [0.25, 0.3) is 5.56 Å². The summed E-state index contributed by atoms with van der Waals surface area (Å²) in [7, 11) is 0. The number of benzene rings is 2. The SMILES string of the molecule is CCCC(=O)Nc1ccc(C(=O)COC(=O)Cn2c(=O)n(CC)c(=O)c3ccccc32)cc1. The van der Waals surface area contributed by atoms with E-state index in [1.54, 1.807) is 43.3 Å². The van der Waals surface area contributed by atoms with E-state index in [0.29, 0.717) is 28.6 Å². The molecule has 3 aromatic rings. The number of rotatable bonds is 9. The topological polar surface area (TPSA) is 116 Å². The molecule has 0 fully saturated rings. The molecule has 0 unspecified atom stereocenters. The number of para-hydroxylation sites is 1. The maximum atomic E-state index is 12.7. The summed E-state index contributed by atoms with van der Waals surface area (Å²) in [6, 6.07) is 12.8. The fraction of sp³-hybridized carbons (Fsp3) is 0.292. The number of nitrogens with zero attached hydrogens (tertiary/aromatic N) is 2. The Morgan fingerprint density at radius 2 is 1.64 bits per heavy atom. The molecule has 0 saturated heterocycles. The third-order valence-electron chi connectivity index (χ3n) is 5.07.